The van der Waals surface area contributed by atoms with Crippen molar-refractivity contribution < 1.29 is 0 Å². The van der Waals surface area contributed by atoms with E-state index in [1.807, 2.05) is 6.20 Å². The van der Waals surface area contributed by atoms with E-state index in [-0.39, 0.29) is 0 Å². The summed E-state index contributed by atoms with van der Waals surface area (Å²) in [4.78, 5) is 5.95. The lowest BCUT2D eigenvalue weighted by Crippen LogP contribution is -2.59. The summed E-state index contributed by atoms with van der Waals surface area (Å²) in [6.45, 7) is 0. The first-order chi connectivity index (χ1) is 8.25. The van der Waals surface area contributed by atoms with Crippen LogP contribution in [-0.4, -0.2) is 17.6 Å². The van der Waals surface area contributed by atoms with Gasteiger partial charge in [-0.05, 0) is 68.4 Å². The van der Waals surface area contributed by atoms with Crippen LogP contribution in [0.4, 0.5) is 5.82 Å². The molecule has 0 aromatic carbocycles. The van der Waals surface area contributed by atoms with Crippen molar-refractivity contribution in [2.24, 2.45) is 17.8 Å². The Morgan fingerprint density at radius 3 is 2.18 bits per heavy atom. The highest BCUT2D eigenvalue weighted by atomic mass is 15.2. The predicted octanol–water partition coefficient (Wildman–Crippen LogP) is 3.42. The minimum absolute atomic E-state index is 0.486. The zero-order valence-electron chi connectivity index (χ0n) is 10.7. The molecule has 1 aromatic rings. The molecule has 92 valence electrons. The Bertz CT molecular complexity index is 371. The molecule has 0 atom stereocenters. The van der Waals surface area contributed by atoms with Crippen molar-refractivity contribution in [3.8, 4) is 0 Å². The van der Waals surface area contributed by atoms with E-state index in [4.69, 9.17) is 0 Å². The zero-order valence-corrected chi connectivity index (χ0v) is 10.7. The molecule has 0 amide bonds. The van der Waals surface area contributed by atoms with E-state index in [9.17, 15) is 0 Å². The molecular weight excluding hydrogens is 208 g/mol. The molecule has 1 heterocycles. The summed E-state index contributed by atoms with van der Waals surface area (Å²) in [5.41, 5.74) is 0.486. The number of nitrogens with one attached hydrogen (secondary N) is 1. The Hall–Kier alpha value is -0.920. The Morgan fingerprint density at radius 2 is 1.71 bits per heavy atom. The number of H-pyrrole nitrogens is 1. The smallest absolute Gasteiger partial charge is 0.106 e. The van der Waals surface area contributed by atoms with E-state index in [0.717, 1.165) is 17.8 Å². The second-order valence-electron chi connectivity index (χ2n) is 6.76. The van der Waals surface area contributed by atoms with Gasteiger partial charge in [0, 0.05) is 18.8 Å². The molecule has 0 saturated heterocycles. The molecule has 2 nitrogen and oxygen atoms in total. The fourth-order valence-corrected chi connectivity index (χ4v) is 5.26. The highest BCUT2D eigenvalue weighted by Crippen LogP contribution is 2.57. The summed E-state index contributed by atoms with van der Waals surface area (Å²) in [7, 11) is 2.30. The zero-order chi connectivity index (χ0) is 11.5. The first-order valence-electron chi connectivity index (χ1n) is 7.12. The number of anilines is 1. The number of hydrogen-bond acceptors (Lipinski definition) is 1. The summed E-state index contributed by atoms with van der Waals surface area (Å²) in [5.74, 6) is 4.39. The average Bonchev–Trinajstić information content (AvgIpc) is 2.79. The van der Waals surface area contributed by atoms with Gasteiger partial charge in [0.1, 0.15) is 5.82 Å². The molecule has 0 aliphatic heterocycles. The molecule has 4 bridgehead atoms. The monoisotopic (exact) mass is 230 g/mol. The van der Waals surface area contributed by atoms with E-state index < -0.39 is 0 Å². The lowest BCUT2D eigenvalue weighted by atomic mass is 9.52. The van der Waals surface area contributed by atoms with Gasteiger partial charge >= 0.3 is 0 Å². The maximum Gasteiger partial charge on any atom is 0.106 e. The van der Waals surface area contributed by atoms with Crippen molar-refractivity contribution in [3.63, 3.8) is 0 Å². The van der Waals surface area contributed by atoms with Crippen LogP contribution in [0.25, 0.3) is 0 Å². The molecule has 4 aliphatic carbocycles. The Labute approximate surface area is 103 Å². The lowest BCUT2D eigenvalue weighted by Gasteiger charge is -2.60. The molecule has 2 heteroatoms. The number of aromatic nitrogens is 1. The Balaban J connectivity index is 1.68. The van der Waals surface area contributed by atoms with Crippen molar-refractivity contribution in [3.05, 3.63) is 18.3 Å². The minimum atomic E-state index is 0.486. The highest BCUT2D eigenvalue weighted by molar-refractivity contribution is 5.42. The van der Waals surface area contributed by atoms with Gasteiger partial charge in [0.25, 0.3) is 0 Å². The lowest BCUT2D eigenvalue weighted by molar-refractivity contribution is -0.00225. The van der Waals surface area contributed by atoms with Gasteiger partial charge in [-0.3, -0.25) is 0 Å². The molecule has 0 spiro atoms. The van der Waals surface area contributed by atoms with Gasteiger partial charge in [-0.25, -0.2) is 0 Å². The molecular formula is C15H22N2. The third kappa shape index (κ3) is 1.39. The molecule has 1 aromatic heterocycles. The molecule has 0 radical (unpaired) electrons. The third-order valence-corrected chi connectivity index (χ3v) is 5.66. The first-order valence-corrected chi connectivity index (χ1v) is 7.12. The summed E-state index contributed by atoms with van der Waals surface area (Å²) in [6, 6.07) is 4.34. The van der Waals surface area contributed by atoms with E-state index in [1.165, 1.54) is 44.3 Å². The molecule has 1 N–H and O–H groups in total. The van der Waals surface area contributed by atoms with Crippen LogP contribution in [0, 0.1) is 17.8 Å². The van der Waals surface area contributed by atoms with Gasteiger partial charge in [0.05, 0.1) is 0 Å². The van der Waals surface area contributed by atoms with Crippen molar-refractivity contribution in [1.29, 1.82) is 0 Å². The maximum atomic E-state index is 3.39. The van der Waals surface area contributed by atoms with E-state index in [2.05, 4.69) is 29.1 Å². The van der Waals surface area contributed by atoms with E-state index in [1.54, 1.807) is 0 Å². The highest BCUT2D eigenvalue weighted by Gasteiger charge is 2.52. The largest absolute Gasteiger partial charge is 0.356 e. The fourth-order valence-electron chi connectivity index (χ4n) is 5.26. The van der Waals surface area contributed by atoms with E-state index >= 15 is 0 Å². The van der Waals surface area contributed by atoms with Crippen molar-refractivity contribution in [2.45, 2.75) is 44.1 Å². The van der Waals surface area contributed by atoms with Crippen molar-refractivity contribution in [1.82, 2.24) is 4.98 Å². The topological polar surface area (TPSA) is 19.0 Å². The van der Waals surface area contributed by atoms with Gasteiger partial charge < -0.3 is 9.88 Å². The standard InChI is InChI=1S/C15H22N2/c1-17(14-3-2-4-16-14)15-8-11-5-12(9-15)7-13(6-11)10-15/h2-4,11-13,16H,5-10H2,1H3. The minimum Gasteiger partial charge on any atom is -0.356 e. The van der Waals surface area contributed by atoms with E-state index in [0.29, 0.717) is 5.54 Å². The SMILES string of the molecule is CN(c1ccc[nH]1)C12CC3CC(CC(C3)C1)C2. The molecule has 5 rings (SSSR count). The average molecular weight is 230 g/mol. The summed E-state index contributed by atoms with van der Waals surface area (Å²) < 4.78 is 0. The molecule has 4 saturated carbocycles. The quantitative estimate of drug-likeness (QED) is 0.825. The molecule has 17 heavy (non-hydrogen) atoms. The number of aromatic amines is 1. The van der Waals surface area contributed by atoms with Gasteiger partial charge in [-0.2, -0.15) is 0 Å². The van der Waals surface area contributed by atoms with Crippen molar-refractivity contribution >= 4 is 5.82 Å². The summed E-state index contributed by atoms with van der Waals surface area (Å²) in [6.07, 6.45) is 10.9. The number of rotatable bonds is 2. The Morgan fingerprint density at radius 1 is 1.12 bits per heavy atom. The van der Waals surface area contributed by atoms with Gasteiger partial charge in [0.2, 0.25) is 0 Å². The van der Waals surface area contributed by atoms with Crippen LogP contribution >= 0.6 is 0 Å². The first kappa shape index (κ1) is 10.0. The van der Waals surface area contributed by atoms with Gasteiger partial charge in [-0.15, -0.1) is 0 Å². The van der Waals surface area contributed by atoms with Gasteiger partial charge in [-0.1, -0.05) is 0 Å². The third-order valence-electron chi connectivity index (χ3n) is 5.66. The van der Waals surface area contributed by atoms with Crippen LogP contribution in [0.15, 0.2) is 18.3 Å². The van der Waals surface area contributed by atoms with Crippen LogP contribution in [0.3, 0.4) is 0 Å². The fraction of sp³-hybridized carbons (Fsp3) is 0.733. The van der Waals surface area contributed by atoms with Crippen LogP contribution < -0.4 is 4.90 Å². The predicted molar refractivity (Wildman–Crippen MR) is 70.1 cm³/mol. The van der Waals surface area contributed by atoms with Crippen LogP contribution in [0.2, 0.25) is 0 Å². The summed E-state index contributed by atoms with van der Waals surface area (Å²) in [5, 5.41) is 0. The summed E-state index contributed by atoms with van der Waals surface area (Å²) >= 11 is 0. The maximum absolute atomic E-state index is 3.39. The van der Waals surface area contributed by atoms with Crippen LogP contribution in [0.1, 0.15) is 38.5 Å². The molecule has 0 unspecified atom stereocenters. The van der Waals surface area contributed by atoms with Crippen LogP contribution in [-0.2, 0) is 0 Å². The van der Waals surface area contributed by atoms with Crippen LogP contribution in [0.5, 0.6) is 0 Å². The second kappa shape index (κ2) is 3.30. The Kier molecular flexibility index (Phi) is 1.95. The normalized spacial score (nSPS) is 43.0. The molecule has 4 fully saturated rings. The number of nitrogens with zero attached hydrogens (tertiary/aromatic N) is 1. The number of hydrogen-bond donors (Lipinski definition) is 1. The van der Waals surface area contributed by atoms with Gasteiger partial charge in [0.15, 0.2) is 0 Å². The second-order valence-corrected chi connectivity index (χ2v) is 6.76. The van der Waals surface area contributed by atoms with Crippen molar-refractivity contribution in [2.75, 3.05) is 11.9 Å². The molecule has 4 aliphatic rings.